The number of hydrogen-bond donors (Lipinski definition) is 1. The van der Waals surface area contributed by atoms with Crippen LogP contribution < -0.4 is 5.73 Å². The highest BCUT2D eigenvalue weighted by molar-refractivity contribution is 7.13. The van der Waals surface area contributed by atoms with Gasteiger partial charge in [0.2, 0.25) is 0 Å². The monoisotopic (exact) mass is 355 g/mol. The molecule has 1 aliphatic rings. The van der Waals surface area contributed by atoms with E-state index < -0.39 is 0 Å². The lowest BCUT2D eigenvalue weighted by atomic mass is 10.1. The average molecular weight is 356 g/mol. The molecule has 116 valence electrons. The van der Waals surface area contributed by atoms with Crippen molar-refractivity contribution in [1.82, 2.24) is 9.88 Å². The first kappa shape index (κ1) is 15.7. The summed E-state index contributed by atoms with van der Waals surface area (Å²) in [6.45, 7) is 2.08. The first-order valence-electron chi connectivity index (χ1n) is 6.98. The van der Waals surface area contributed by atoms with Gasteiger partial charge in [-0.2, -0.15) is 0 Å². The van der Waals surface area contributed by atoms with Gasteiger partial charge in [-0.1, -0.05) is 23.2 Å². The van der Waals surface area contributed by atoms with Crippen molar-refractivity contribution >= 4 is 40.4 Å². The summed E-state index contributed by atoms with van der Waals surface area (Å²) in [7, 11) is 0. The normalized spacial score (nSPS) is 18.0. The Bertz CT molecular complexity index is 704. The number of halogens is 2. The van der Waals surface area contributed by atoms with E-state index >= 15 is 0 Å². The van der Waals surface area contributed by atoms with E-state index in [0.29, 0.717) is 34.7 Å². The Morgan fingerprint density at radius 2 is 2.27 bits per heavy atom. The molecule has 7 heteroatoms. The zero-order chi connectivity index (χ0) is 15.7. The van der Waals surface area contributed by atoms with E-state index in [0.717, 1.165) is 23.5 Å². The van der Waals surface area contributed by atoms with Crippen molar-refractivity contribution in [3.63, 3.8) is 0 Å². The van der Waals surface area contributed by atoms with Crippen LogP contribution in [-0.4, -0.2) is 35.4 Å². The Morgan fingerprint density at radius 1 is 1.45 bits per heavy atom. The molecule has 2 N–H and O–H groups in total. The number of carbonyl (C=O) groups excluding carboxylic acids is 1. The van der Waals surface area contributed by atoms with Crippen LogP contribution in [0.1, 0.15) is 16.9 Å². The molecule has 0 unspecified atom stereocenters. The van der Waals surface area contributed by atoms with Gasteiger partial charge in [-0.25, -0.2) is 4.98 Å². The molecular formula is C15H15Cl2N3OS. The maximum atomic E-state index is 12.5. The van der Waals surface area contributed by atoms with Gasteiger partial charge in [0.1, 0.15) is 10.7 Å². The Labute approximate surface area is 142 Å². The van der Waals surface area contributed by atoms with E-state index in [9.17, 15) is 4.79 Å². The highest BCUT2D eigenvalue weighted by Crippen LogP contribution is 2.32. The Morgan fingerprint density at radius 3 is 2.95 bits per heavy atom. The van der Waals surface area contributed by atoms with Crippen molar-refractivity contribution in [2.75, 3.05) is 19.6 Å². The zero-order valence-electron chi connectivity index (χ0n) is 11.8. The van der Waals surface area contributed by atoms with E-state index in [1.807, 2.05) is 11.0 Å². The molecule has 1 aromatic heterocycles. The predicted octanol–water partition coefficient (Wildman–Crippen LogP) is 3.54. The van der Waals surface area contributed by atoms with Crippen molar-refractivity contribution in [3.8, 4) is 10.6 Å². The fraction of sp³-hybridized carbons (Fsp3) is 0.333. The minimum absolute atomic E-state index is 0.0384. The molecule has 0 radical (unpaired) electrons. The molecule has 3 rings (SSSR count). The first-order chi connectivity index (χ1) is 10.6. The maximum absolute atomic E-state index is 12.5. The standard InChI is InChI=1S/C15H15Cl2N3OS/c16-10-1-2-11(12(17)5-10)14-19-13(8-22-14)15(21)20-4-3-9(6-18)7-20/h1-2,5,8-9H,3-4,6-7,18H2/t9-/m1/s1. The van der Waals surface area contributed by atoms with Gasteiger partial charge in [0.25, 0.3) is 5.91 Å². The number of likely N-dealkylation sites (tertiary alicyclic amines) is 1. The SMILES string of the molecule is NC[C@H]1CCN(C(=O)c2csc(-c3ccc(Cl)cc3Cl)n2)C1. The number of aromatic nitrogens is 1. The van der Waals surface area contributed by atoms with Gasteiger partial charge >= 0.3 is 0 Å². The summed E-state index contributed by atoms with van der Waals surface area (Å²) in [6.07, 6.45) is 0.961. The van der Waals surface area contributed by atoms with Crippen LogP contribution in [0.25, 0.3) is 10.6 Å². The summed E-state index contributed by atoms with van der Waals surface area (Å²) < 4.78 is 0. The average Bonchev–Trinajstić information content (AvgIpc) is 3.16. The smallest absolute Gasteiger partial charge is 0.273 e. The lowest BCUT2D eigenvalue weighted by molar-refractivity contribution is 0.0783. The molecule has 2 heterocycles. The first-order valence-corrected chi connectivity index (χ1v) is 8.62. The van der Waals surface area contributed by atoms with Crippen LogP contribution in [0.4, 0.5) is 0 Å². The molecule has 0 spiro atoms. The topological polar surface area (TPSA) is 59.2 Å². The van der Waals surface area contributed by atoms with Gasteiger partial charge in [0, 0.05) is 29.1 Å². The van der Waals surface area contributed by atoms with E-state index in [4.69, 9.17) is 28.9 Å². The maximum Gasteiger partial charge on any atom is 0.273 e. The minimum Gasteiger partial charge on any atom is -0.337 e. The number of carbonyl (C=O) groups is 1. The van der Waals surface area contributed by atoms with Crippen molar-refractivity contribution in [3.05, 3.63) is 39.3 Å². The van der Waals surface area contributed by atoms with Crippen molar-refractivity contribution in [2.45, 2.75) is 6.42 Å². The van der Waals surface area contributed by atoms with E-state index in [1.165, 1.54) is 11.3 Å². The van der Waals surface area contributed by atoms with Crippen LogP contribution in [0, 0.1) is 5.92 Å². The summed E-state index contributed by atoms with van der Waals surface area (Å²) in [4.78, 5) is 18.7. The van der Waals surface area contributed by atoms with Crippen LogP contribution in [0.15, 0.2) is 23.6 Å². The van der Waals surface area contributed by atoms with Crippen molar-refractivity contribution in [2.24, 2.45) is 11.7 Å². The number of nitrogens with zero attached hydrogens (tertiary/aromatic N) is 2. The minimum atomic E-state index is -0.0384. The number of amides is 1. The summed E-state index contributed by atoms with van der Waals surface area (Å²) >= 11 is 13.5. The zero-order valence-corrected chi connectivity index (χ0v) is 14.1. The van der Waals surface area contributed by atoms with Crippen molar-refractivity contribution < 1.29 is 4.79 Å². The second-order valence-corrected chi connectivity index (χ2v) is 7.01. The second-order valence-electron chi connectivity index (χ2n) is 5.30. The summed E-state index contributed by atoms with van der Waals surface area (Å²) in [5.41, 5.74) is 6.92. The van der Waals surface area contributed by atoms with Crippen LogP contribution in [-0.2, 0) is 0 Å². The molecule has 0 bridgehead atoms. The number of hydrogen-bond acceptors (Lipinski definition) is 4. The Balaban J connectivity index is 1.80. The highest BCUT2D eigenvalue weighted by atomic mass is 35.5. The van der Waals surface area contributed by atoms with Crippen LogP contribution >= 0.6 is 34.5 Å². The van der Waals surface area contributed by atoms with Gasteiger partial charge in [-0.15, -0.1) is 11.3 Å². The number of benzene rings is 1. The molecule has 1 atom stereocenters. The van der Waals surface area contributed by atoms with Crippen LogP contribution in [0.2, 0.25) is 10.0 Å². The van der Waals surface area contributed by atoms with Gasteiger partial charge in [-0.3, -0.25) is 4.79 Å². The third kappa shape index (κ3) is 3.13. The fourth-order valence-electron chi connectivity index (χ4n) is 2.53. The van der Waals surface area contributed by atoms with Crippen LogP contribution in [0.5, 0.6) is 0 Å². The fourth-order valence-corrected chi connectivity index (χ4v) is 3.92. The number of thiazole rings is 1. The van der Waals surface area contributed by atoms with E-state index in [-0.39, 0.29) is 5.91 Å². The third-order valence-electron chi connectivity index (χ3n) is 3.79. The molecule has 1 saturated heterocycles. The van der Waals surface area contributed by atoms with E-state index in [1.54, 1.807) is 17.5 Å². The largest absolute Gasteiger partial charge is 0.337 e. The Kier molecular flexibility index (Phi) is 4.68. The molecule has 1 aromatic carbocycles. The molecule has 0 aliphatic carbocycles. The third-order valence-corrected chi connectivity index (χ3v) is 5.21. The second kappa shape index (κ2) is 6.54. The quantitative estimate of drug-likeness (QED) is 0.915. The molecule has 22 heavy (non-hydrogen) atoms. The molecule has 2 aromatic rings. The van der Waals surface area contributed by atoms with Gasteiger partial charge < -0.3 is 10.6 Å². The molecular weight excluding hydrogens is 341 g/mol. The molecule has 0 saturated carbocycles. The molecule has 1 aliphatic heterocycles. The molecule has 1 fully saturated rings. The van der Waals surface area contributed by atoms with Gasteiger partial charge in [0.05, 0.1) is 5.02 Å². The number of nitrogens with two attached hydrogens (primary N) is 1. The predicted molar refractivity (Wildman–Crippen MR) is 90.6 cm³/mol. The van der Waals surface area contributed by atoms with Gasteiger partial charge in [0.15, 0.2) is 0 Å². The van der Waals surface area contributed by atoms with E-state index in [2.05, 4.69) is 4.98 Å². The van der Waals surface area contributed by atoms with Crippen molar-refractivity contribution in [1.29, 1.82) is 0 Å². The lowest BCUT2D eigenvalue weighted by Gasteiger charge is -2.14. The summed E-state index contributed by atoms with van der Waals surface area (Å²) in [6, 6.07) is 5.25. The Hall–Kier alpha value is -1.14. The number of rotatable bonds is 3. The summed E-state index contributed by atoms with van der Waals surface area (Å²) in [5.74, 6) is 0.358. The van der Waals surface area contributed by atoms with Gasteiger partial charge in [-0.05, 0) is 37.1 Å². The van der Waals surface area contributed by atoms with Crippen LogP contribution in [0.3, 0.4) is 0 Å². The lowest BCUT2D eigenvalue weighted by Crippen LogP contribution is -2.30. The molecule has 4 nitrogen and oxygen atoms in total. The molecule has 1 amide bonds. The highest BCUT2D eigenvalue weighted by Gasteiger charge is 2.27. The summed E-state index contributed by atoms with van der Waals surface area (Å²) in [5, 5.41) is 3.61.